The van der Waals surface area contributed by atoms with Crippen LogP contribution in [0.5, 0.6) is 0 Å². The van der Waals surface area contributed by atoms with E-state index in [-0.39, 0.29) is 4.90 Å². The molecule has 1 amide bonds. The largest absolute Gasteiger partial charge is 0.361 e. The Morgan fingerprint density at radius 2 is 1.78 bits per heavy atom. The molecule has 0 saturated heterocycles. The molecule has 0 spiro atoms. The molecule has 0 unspecified atom stereocenters. The number of sulfonamides is 1. The van der Waals surface area contributed by atoms with Crippen LogP contribution in [0, 0.1) is 5.92 Å². The van der Waals surface area contributed by atoms with Gasteiger partial charge in [0, 0.05) is 26.2 Å². The van der Waals surface area contributed by atoms with Gasteiger partial charge in [0.25, 0.3) is 5.91 Å². The minimum atomic E-state index is -3.51. The van der Waals surface area contributed by atoms with Crippen LogP contribution in [0.3, 0.4) is 0 Å². The summed E-state index contributed by atoms with van der Waals surface area (Å²) in [6.45, 7) is 5.08. The molecule has 9 heteroatoms. The lowest BCUT2D eigenvalue weighted by atomic mass is 10.0. The molecule has 27 heavy (non-hydrogen) atoms. The first-order valence-corrected chi connectivity index (χ1v) is 10.9. The smallest absolute Gasteiger partial charge is 0.269 e. The summed E-state index contributed by atoms with van der Waals surface area (Å²) in [6, 6.07) is 5.72. The molecular weight excluding hydrogens is 384 g/mol. The fourth-order valence-corrected chi connectivity index (χ4v) is 3.37. The van der Waals surface area contributed by atoms with Crippen molar-refractivity contribution in [2.45, 2.75) is 44.4 Å². The van der Waals surface area contributed by atoms with E-state index in [0.29, 0.717) is 16.6 Å². The summed E-state index contributed by atoms with van der Waals surface area (Å²) in [6.07, 6.45) is 4.78. The van der Waals surface area contributed by atoms with Gasteiger partial charge in [0.2, 0.25) is 10.0 Å². The van der Waals surface area contributed by atoms with Crippen LogP contribution in [0.4, 0.5) is 0 Å². The molecule has 0 saturated carbocycles. The third-order valence-corrected chi connectivity index (χ3v) is 6.17. The summed E-state index contributed by atoms with van der Waals surface area (Å²) in [5, 5.41) is 3.42. The number of carbonyl (C=O) groups excluding carboxylic acids is 1. The van der Waals surface area contributed by atoms with E-state index in [9.17, 15) is 13.2 Å². The van der Waals surface area contributed by atoms with Crippen LogP contribution in [-0.2, 0) is 10.0 Å². The molecule has 0 aromatic heterocycles. The van der Waals surface area contributed by atoms with Crippen molar-refractivity contribution < 1.29 is 13.2 Å². The second kappa shape index (κ2) is 11.2. The maximum Gasteiger partial charge on any atom is 0.269 e. The van der Waals surface area contributed by atoms with Crippen LogP contribution < -0.4 is 16.2 Å². The first-order valence-electron chi connectivity index (χ1n) is 9.05. The summed E-state index contributed by atoms with van der Waals surface area (Å²) in [5.74, 6) is 0.0992. The normalized spacial score (nSPS) is 12.5. The molecule has 1 atom stereocenters. The van der Waals surface area contributed by atoms with E-state index in [1.807, 2.05) is 0 Å². The van der Waals surface area contributed by atoms with Crippen LogP contribution in [0.25, 0.3) is 0 Å². The van der Waals surface area contributed by atoms with Crippen molar-refractivity contribution in [3.8, 4) is 0 Å². The number of unbranched alkanes of at least 4 members (excludes halogenated alkanes) is 2. The second-order valence-electron chi connectivity index (χ2n) is 6.70. The Balaban J connectivity index is 2.45. The minimum Gasteiger partial charge on any atom is -0.361 e. The van der Waals surface area contributed by atoms with Crippen LogP contribution in [0.15, 0.2) is 29.2 Å². The van der Waals surface area contributed by atoms with Gasteiger partial charge in [-0.25, -0.2) is 12.7 Å². The average Bonchev–Trinajstić information content (AvgIpc) is 2.64. The first-order chi connectivity index (χ1) is 12.7. The molecule has 0 fully saturated rings. The predicted octanol–water partition coefficient (Wildman–Crippen LogP) is 2.26. The highest BCUT2D eigenvalue weighted by molar-refractivity contribution is 7.89. The van der Waals surface area contributed by atoms with Gasteiger partial charge in [-0.2, -0.15) is 0 Å². The Hall–Kier alpha value is -1.71. The van der Waals surface area contributed by atoms with Crippen molar-refractivity contribution >= 4 is 33.3 Å². The summed E-state index contributed by atoms with van der Waals surface area (Å²) in [7, 11) is -0.600. The lowest BCUT2D eigenvalue weighted by Crippen LogP contribution is -2.47. The van der Waals surface area contributed by atoms with Crippen LogP contribution in [0.1, 0.15) is 49.9 Å². The van der Waals surface area contributed by atoms with E-state index in [4.69, 9.17) is 12.2 Å². The van der Waals surface area contributed by atoms with Gasteiger partial charge in [-0.05, 0) is 48.8 Å². The number of nitrogens with one attached hydrogen (secondary N) is 3. The number of nitrogens with zero attached hydrogens (tertiary/aromatic N) is 1. The molecule has 0 heterocycles. The Morgan fingerprint density at radius 1 is 1.15 bits per heavy atom. The fraction of sp³-hybridized carbons (Fsp3) is 0.556. The zero-order valence-corrected chi connectivity index (χ0v) is 18.0. The maximum absolute atomic E-state index is 12.1. The monoisotopic (exact) mass is 414 g/mol. The molecule has 0 aliphatic carbocycles. The summed E-state index contributed by atoms with van der Waals surface area (Å²) >= 11 is 5.15. The Labute approximate surface area is 167 Å². The van der Waals surface area contributed by atoms with Gasteiger partial charge in [-0.3, -0.25) is 15.6 Å². The summed E-state index contributed by atoms with van der Waals surface area (Å²) < 4.78 is 25.2. The van der Waals surface area contributed by atoms with Crippen molar-refractivity contribution in [2.75, 3.05) is 20.6 Å². The zero-order chi connectivity index (χ0) is 20.4. The van der Waals surface area contributed by atoms with Gasteiger partial charge in [0.05, 0.1) is 4.90 Å². The number of hydrogen-bond donors (Lipinski definition) is 3. The third-order valence-electron chi connectivity index (χ3n) is 4.10. The molecule has 7 nitrogen and oxygen atoms in total. The summed E-state index contributed by atoms with van der Waals surface area (Å²) in [5.41, 5.74) is 5.49. The molecular formula is C18H30N4O3S2. The van der Waals surface area contributed by atoms with Crippen LogP contribution >= 0.6 is 12.2 Å². The lowest BCUT2D eigenvalue weighted by molar-refractivity contribution is 0.0943. The van der Waals surface area contributed by atoms with Gasteiger partial charge in [-0.15, -0.1) is 0 Å². The summed E-state index contributed by atoms with van der Waals surface area (Å²) in [4.78, 5) is 12.3. The molecule has 1 rings (SSSR count). The fourth-order valence-electron chi connectivity index (χ4n) is 2.33. The molecule has 0 bridgehead atoms. The number of hydrazine groups is 1. The van der Waals surface area contributed by atoms with Crippen molar-refractivity contribution in [1.82, 2.24) is 20.5 Å². The van der Waals surface area contributed by atoms with E-state index >= 15 is 0 Å². The highest BCUT2D eigenvalue weighted by Gasteiger charge is 2.17. The van der Waals surface area contributed by atoms with E-state index in [0.717, 1.165) is 17.3 Å². The predicted molar refractivity (Wildman–Crippen MR) is 112 cm³/mol. The third kappa shape index (κ3) is 7.82. The van der Waals surface area contributed by atoms with Crippen molar-refractivity contribution in [2.24, 2.45) is 5.92 Å². The average molecular weight is 415 g/mol. The minimum absolute atomic E-state index is 0.131. The highest BCUT2D eigenvalue weighted by atomic mass is 32.2. The topological polar surface area (TPSA) is 90.5 Å². The Morgan fingerprint density at radius 3 is 2.33 bits per heavy atom. The van der Waals surface area contributed by atoms with Gasteiger partial charge >= 0.3 is 0 Å². The number of rotatable bonds is 9. The number of thiocarbonyl (C=S) groups is 1. The first kappa shape index (κ1) is 23.3. The quantitative estimate of drug-likeness (QED) is 0.326. The van der Waals surface area contributed by atoms with Gasteiger partial charge in [-0.1, -0.05) is 33.1 Å². The van der Waals surface area contributed by atoms with E-state index in [1.165, 1.54) is 57.6 Å². The van der Waals surface area contributed by atoms with E-state index in [2.05, 4.69) is 30.0 Å². The second-order valence-corrected chi connectivity index (χ2v) is 9.26. The molecule has 1 aromatic rings. The van der Waals surface area contributed by atoms with Crippen molar-refractivity contribution in [1.29, 1.82) is 0 Å². The van der Waals surface area contributed by atoms with Crippen LogP contribution in [-0.4, -0.2) is 44.4 Å². The van der Waals surface area contributed by atoms with Gasteiger partial charge in [0.15, 0.2) is 5.11 Å². The van der Waals surface area contributed by atoms with E-state index < -0.39 is 15.9 Å². The molecule has 0 aliphatic heterocycles. The van der Waals surface area contributed by atoms with Crippen LogP contribution in [0.2, 0.25) is 0 Å². The van der Waals surface area contributed by atoms with Crippen molar-refractivity contribution in [3.05, 3.63) is 29.8 Å². The number of carbonyl (C=O) groups is 1. The maximum atomic E-state index is 12.1. The SMILES string of the molecule is CCCCC[C@@H](C)CNC(=S)NNC(=O)c1ccc(S(=O)(=O)N(C)C)cc1. The Bertz CT molecular complexity index is 719. The number of benzene rings is 1. The van der Waals surface area contributed by atoms with Crippen molar-refractivity contribution in [3.63, 3.8) is 0 Å². The number of hydrogen-bond acceptors (Lipinski definition) is 4. The molecule has 0 aliphatic rings. The molecule has 1 aromatic carbocycles. The van der Waals surface area contributed by atoms with Gasteiger partial charge < -0.3 is 5.32 Å². The number of amides is 1. The van der Waals surface area contributed by atoms with Gasteiger partial charge in [0.1, 0.15) is 0 Å². The van der Waals surface area contributed by atoms with E-state index in [1.54, 1.807) is 0 Å². The standard InChI is InChI=1S/C18H30N4O3S2/c1-5-6-7-8-14(2)13-19-18(26)21-20-17(23)15-9-11-16(12-10-15)27(24,25)22(3)4/h9-12,14H,5-8,13H2,1-4H3,(H,20,23)(H2,19,21,26)/t14-/m1/s1. The molecule has 3 N–H and O–H groups in total. The Kier molecular flexibility index (Phi) is 9.68. The highest BCUT2D eigenvalue weighted by Crippen LogP contribution is 2.13. The molecule has 0 radical (unpaired) electrons. The molecule has 152 valence electrons. The zero-order valence-electron chi connectivity index (χ0n) is 16.4. The lowest BCUT2D eigenvalue weighted by Gasteiger charge is -2.15.